The highest BCUT2D eigenvalue weighted by Crippen LogP contribution is 2.30. The summed E-state index contributed by atoms with van der Waals surface area (Å²) >= 11 is 0. The van der Waals surface area contributed by atoms with E-state index in [4.69, 9.17) is 4.98 Å². The van der Waals surface area contributed by atoms with Crippen molar-refractivity contribution in [2.45, 2.75) is 71.2 Å². The first kappa shape index (κ1) is 24.5. The number of rotatable bonds is 5. The van der Waals surface area contributed by atoms with Gasteiger partial charge in [0, 0.05) is 42.7 Å². The van der Waals surface area contributed by atoms with Crippen LogP contribution in [0.2, 0.25) is 0 Å². The number of aryl methyl sites for hydroxylation is 1. The Bertz CT molecular complexity index is 1480. The van der Waals surface area contributed by atoms with Gasteiger partial charge in [-0.15, -0.1) is 10.2 Å². The second kappa shape index (κ2) is 9.46. The second-order valence-corrected chi connectivity index (χ2v) is 10.9. The molecule has 4 heterocycles. The zero-order valence-corrected chi connectivity index (χ0v) is 22.0. The summed E-state index contributed by atoms with van der Waals surface area (Å²) in [6, 6.07) is 7.84. The third kappa shape index (κ3) is 4.51. The Morgan fingerprint density at radius 3 is 2.71 bits per heavy atom. The fourth-order valence-electron chi connectivity index (χ4n) is 5.72. The lowest BCUT2D eigenvalue weighted by atomic mass is 9.85. The van der Waals surface area contributed by atoms with Crippen molar-refractivity contribution in [1.82, 2.24) is 39.4 Å². The number of amides is 1. The number of nitrogens with zero attached hydrogens (tertiary/aromatic N) is 8. The van der Waals surface area contributed by atoms with E-state index in [2.05, 4.69) is 30.2 Å². The van der Waals surface area contributed by atoms with E-state index in [9.17, 15) is 9.90 Å². The molecule has 1 amide bonds. The average Bonchev–Trinajstić information content (AvgIpc) is 3.51. The van der Waals surface area contributed by atoms with Gasteiger partial charge in [-0.05, 0) is 58.1 Å². The molecule has 0 saturated heterocycles. The van der Waals surface area contributed by atoms with Gasteiger partial charge in [0.15, 0.2) is 11.6 Å². The van der Waals surface area contributed by atoms with Crippen LogP contribution in [0.1, 0.15) is 56.7 Å². The van der Waals surface area contributed by atoms with Crippen LogP contribution in [0, 0.1) is 12.8 Å². The molecular formula is C27H33N9O2. The number of aliphatic hydroxyl groups is 1. The van der Waals surface area contributed by atoms with Crippen molar-refractivity contribution in [2.75, 3.05) is 11.9 Å². The first-order chi connectivity index (χ1) is 18.3. The molecule has 1 aliphatic heterocycles. The van der Waals surface area contributed by atoms with Crippen molar-refractivity contribution in [2.24, 2.45) is 5.92 Å². The lowest BCUT2D eigenvalue weighted by Gasteiger charge is -2.34. The molecule has 198 valence electrons. The Morgan fingerprint density at radius 1 is 1.11 bits per heavy atom. The highest BCUT2D eigenvalue weighted by atomic mass is 16.3. The predicted molar refractivity (Wildman–Crippen MR) is 141 cm³/mol. The van der Waals surface area contributed by atoms with E-state index in [0.29, 0.717) is 24.9 Å². The standard InChI is InChI=1S/C27H33N9O2/c1-17-32-33-24-16-34(13-14-35(17)24)25(37)18-7-9-19(10-8-18)30-26-28-12-11-23(31-26)36-22-6-4-5-21(27(2,3)38)20(22)15-29-36/h4-6,11-12,15,18-19,38H,7-10,13-14,16H2,1-3H3,(H,28,30,31)/t18-,19-. The van der Waals surface area contributed by atoms with Crippen molar-refractivity contribution in [1.29, 1.82) is 0 Å². The van der Waals surface area contributed by atoms with Gasteiger partial charge in [0.05, 0.1) is 23.9 Å². The molecule has 38 heavy (non-hydrogen) atoms. The number of carbonyl (C=O) groups excluding carboxylic acids is 1. The number of fused-ring (bicyclic) bond motifs is 2. The fourth-order valence-corrected chi connectivity index (χ4v) is 5.72. The van der Waals surface area contributed by atoms with Gasteiger partial charge in [0.2, 0.25) is 11.9 Å². The van der Waals surface area contributed by atoms with Gasteiger partial charge in [0.25, 0.3) is 0 Å². The third-order valence-electron chi connectivity index (χ3n) is 7.79. The SMILES string of the molecule is Cc1nnc2n1CCN(C(=O)[C@H]1CC[C@H](Nc3nccc(-n4ncc5c(C(C)(C)O)cccc54)n3)CC1)C2. The summed E-state index contributed by atoms with van der Waals surface area (Å²) < 4.78 is 3.87. The number of benzene rings is 1. The van der Waals surface area contributed by atoms with Gasteiger partial charge in [-0.1, -0.05) is 12.1 Å². The van der Waals surface area contributed by atoms with Gasteiger partial charge in [-0.25, -0.2) is 9.67 Å². The summed E-state index contributed by atoms with van der Waals surface area (Å²) in [4.78, 5) is 24.3. The van der Waals surface area contributed by atoms with Crippen LogP contribution in [0.4, 0.5) is 5.95 Å². The van der Waals surface area contributed by atoms with Crippen LogP contribution in [0.5, 0.6) is 0 Å². The topological polar surface area (TPSA) is 127 Å². The lowest BCUT2D eigenvalue weighted by Crippen LogP contribution is -2.43. The van der Waals surface area contributed by atoms with Crippen molar-refractivity contribution >= 4 is 22.8 Å². The van der Waals surface area contributed by atoms with Crippen molar-refractivity contribution in [3.8, 4) is 5.82 Å². The summed E-state index contributed by atoms with van der Waals surface area (Å²) in [7, 11) is 0. The lowest BCUT2D eigenvalue weighted by molar-refractivity contribution is -0.138. The molecule has 2 N–H and O–H groups in total. The zero-order valence-electron chi connectivity index (χ0n) is 22.0. The van der Waals surface area contributed by atoms with Gasteiger partial charge < -0.3 is 19.9 Å². The number of carbonyl (C=O) groups is 1. The maximum absolute atomic E-state index is 13.2. The molecule has 0 radical (unpaired) electrons. The van der Waals surface area contributed by atoms with Crippen LogP contribution in [-0.4, -0.2) is 63.0 Å². The van der Waals surface area contributed by atoms with E-state index in [1.165, 1.54) is 0 Å². The van der Waals surface area contributed by atoms with Gasteiger partial charge in [0.1, 0.15) is 5.82 Å². The number of nitrogens with one attached hydrogen (secondary N) is 1. The van der Waals surface area contributed by atoms with Gasteiger partial charge >= 0.3 is 0 Å². The molecule has 1 aromatic carbocycles. The zero-order chi connectivity index (χ0) is 26.4. The van der Waals surface area contributed by atoms with E-state index >= 15 is 0 Å². The Morgan fingerprint density at radius 2 is 1.92 bits per heavy atom. The van der Waals surface area contributed by atoms with Crippen LogP contribution in [0.15, 0.2) is 36.7 Å². The Hall–Kier alpha value is -3.86. The second-order valence-electron chi connectivity index (χ2n) is 10.9. The molecule has 6 rings (SSSR count). The summed E-state index contributed by atoms with van der Waals surface area (Å²) in [5, 5.41) is 27.8. The molecule has 1 fully saturated rings. The monoisotopic (exact) mass is 515 g/mol. The molecule has 0 spiro atoms. The smallest absolute Gasteiger partial charge is 0.226 e. The maximum Gasteiger partial charge on any atom is 0.226 e. The van der Waals surface area contributed by atoms with Crippen LogP contribution < -0.4 is 5.32 Å². The average molecular weight is 516 g/mol. The quantitative estimate of drug-likeness (QED) is 0.415. The minimum Gasteiger partial charge on any atom is -0.386 e. The molecule has 2 aliphatic rings. The van der Waals surface area contributed by atoms with E-state index in [-0.39, 0.29) is 17.9 Å². The highest BCUT2D eigenvalue weighted by molar-refractivity contribution is 5.84. The van der Waals surface area contributed by atoms with Crippen molar-refractivity contribution in [3.05, 3.63) is 53.9 Å². The largest absolute Gasteiger partial charge is 0.386 e. The molecule has 1 aliphatic carbocycles. The number of hydrogen-bond acceptors (Lipinski definition) is 8. The first-order valence-corrected chi connectivity index (χ1v) is 13.2. The molecule has 3 aromatic heterocycles. The molecule has 0 atom stereocenters. The van der Waals surface area contributed by atoms with E-state index in [0.717, 1.165) is 60.3 Å². The normalized spacial score (nSPS) is 19.9. The van der Waals surface area contributed by atoms with E-state index < -0.39 is 5.60 Å². The van der Waals surface area contributed by atoms with Gasteiger partial charge in [-0.3, -0.25) is 4.79 Å². The molecular weight excluding hydrogens is 482 g/mol. The van der Waals surface area contributed by atoms with Gasteiger partial charge in [-0.2, -0.15) is 10.1 Å². The first-order valence-electron chi connectivity index (χ1n) is 13.2. The number of aromatic nitrogens is 7. The van der Waals surface area contributed by atoms with E-state index in [1.54, 1.807) is 30.9 Å². The van der Waals surface area contributed by atoms with Crippen molar-refractivity contribution < 1.29 is 9.90 Å². The van der Waals surface area contributed by atoms with Crippen LogP contribution >= 0.6 is 0 Å². The molecule has 11 heteroatoms. The summed E-state index contributed by atoms with van der Waals surface area (Å²) in [6.07, 6.45) is 6.93. The molecule has 0 unspecified atom stereocenters. The summed E-state index contributed by atoms with van der Waals surface area (Å²) in [6.45, 7) is 7.51. The molecule has 11 nitrogen and oxygen atoms in total. The minimum absolute atomic E-state index is 0.0382. The Labute approximate surface area is 220 Å². The van der Waals surface area contributed by atoms with Crippen LogP contribution in [-0.2, 0) is 23.5 Å². The molecule has 0 bridgehead atoms. The number of hydrogen-bond donors (Lipinski definition) is 2. The van der Waals surface area contributed by atoms with Crippen LogP contribution in [0.3, 0.4) is 0 Å². The maximum atomic E-state index is 13.2. The Balaban J connectivity index is 1.10. The van der Waals surface area contributed by atoms with Crippen molar-refractivity contribution in [3.63, 3.8) is 0 Å². The fraction of sp³-hybridized carbons (Fsp3) is 0.481. The predicted octanol–water partition coefficient (Wildman–Crippen LogP) is 2.96. The number of anilines is 1. The Kier molecular flexibility index (Phi) is 6.10. The summed E-state index contributed by atoms with van der Waals surface area (Å²) in [5.74, 6) is 3.24. The molecule has 4 aromatic rings. The van der Waals surface area contributed by atoms with E-state index in [1.807, 2.05) is 36.1 Å². The summed E-state index contributed by atoms with van der Waals surface area (Å²) in [5.41, 5.74) is 0.722. The minimum atomic E-state index is -0.974. The molecule has 1 saturated carbocycles. The third-order valence-corrected chi connectivity index (χ3v) is 7.79. The highest BCUT2D eigenvalue weighted by Gasteiger charge is 2.32. The van der Waals surface area contributed by atoms with Crippen LogP contribution in [0.25, 0.3) is 16.7 Å².